The normalized spacial score (nSPS) is 15.4. The van der Waals surface area contributed by atoms with Crippen molar-refractivity contribution in [3.05, 3.63) is 54.2 Å². The highest BCUT2D eigenvalue weighted by molar-refractivity contribution is 5.79. The van der Waals surface area contributed by atoms with Gasteiger partial charge in [0, 0.05) is 43.4 Å². The predicted octanol–water partition coefficient (Wildman–Crippen LogP) is 3.40. The molecule has 7 heteroatoms. The van der Waals surface area contributed by atoms with Crippen LogP contribution in [0.15, 0.2) is 42.6 Å². The number of aromatic nitrogens is 2. The topological polar surface area (TPSA) is 44.3 Å². The first kappa shape index (κ1) is 16.7. The third-order valence-corrected chi connectivity index (χ3v) is 4.58. The van der Waals surface area contributed by atoms with Crippen LogP contribution >= 0.6 is 0 Å². The van der Waals surface area contributed by atoms with E-state index in [-0.39, 0.29) is 11.4 Å². The molecule has 0 radical (unpaired) electrons. The molecule has 1 saturated heterocycles. The fourth-order valence-electron chi connectivity index (χ4n) is 3.13. The lowest BCUT2D eigenvalue weighted by molar-refractivity contribution is 0.310. The Morgan fingerprint density at radius 1 is 1.00 bits per heavy atom. The predicted molar refractivity (Wildman–Crippen MR) is 98.9 cm³/mol. The molecule has 26 heavy (non-hydrogen) atoms. The van der Waals surface area contributed by atoms with Crippen LogP contribution < -0.4 is 10.2 Å². The van der Waals surface area contributed by atoms with E-state index in [1.165, 1.54) is 12.1 Å². The van der Waals surface area contributed by atoms with Crippen LogP contribution in [0, 0.1) is 11.6 Å². The van der Waals surface area contributed by atoms with Gasteiger partial charge in [-0.25, -0.2) is 18.7 Å². The van der Waals surface area contributed by atoms with Crippen molar-refractivity contribution in [2.24, 2.45) is 0 Å². The average molecular weight is 355 g/mol. The Morgan fingerprint density at radius 3 is 2.42 bits per heavy atom. The summed E-state index contributed by atoms with van der Waals surface area (Å²) < 4.78 is 29.1. The van der Waals surface area contributed by atoms with Crippen molar-refractivity contribution in [1.29, 1.82) is 0 Å². The van der Waals surface area contributed by atoms with Gasteiger partial charge in [0.2, 0.25) is 5.95 Å². The molecule has 1 aromatic heterocycles. The van der Waals surface area contributed by atoms with Crippen molar-refractivity contribution in [3.63, 3.8) is 0 Å². The van der Waals surface area contributed by atoms with Gasteiger partial charge < -0.3 is 15.1 Å². The Labute approximate surface area is 150 Å². The lowest BCUT2D eigenvalue weighted by atomic mass is 10.2. The maximum Gasteiger partial charge on any atom is 0.227 e. The van der Waals surface area contributed by atoms with Crippen LogP contribution in [-0.2, 0) is 0 Å². The van der Waals surface area contributed by atoms with E-state index in [4.69, 9.17) is 0 Å². The van der Waals surface area contributed by atoms with Crippen molar-refractivity contribution >= 4 is 28.2 Å². The van der Waals surface area contributed by atoms with E-state index >= 15 is 0 Å². The molecule has 2 aromatic carbocycles. The molecular formula is C19H19F2N5. The summed E-state index contributed by atoms with van der Waals surface area (Å²) in [4.78, 5) is 12.5. The third-order valence-electron chi connectivity index (χ3n) is 4.58. The zero-order chi connectivity index (χ0) is 18.1. The summed E-state index contributed by atoms with van der Waals surface area (Å²) in [5, 5.41) is 3.79. The number of fused-ring (bicyclic) bond motifs is 1. The molecule has 0 saturated carbocycles. The van der Waals surface area contributed by atoms with Gasteiger partial charge in [-0.05, 0) is 25.2 Å². The molecule has 0 atom stereocenters. The van der Waals surface area contributed by atoms with E-state index in [0.717, 1.165) is 24.0 Å². The smallest absolute Gasteiger partial charge is 0.227 e. The second-order valence-electron chi connectivity index (χ2n) is 6.46. The van der Waals surface area contributed by atoms with Gasteiger partial charge in [0.1, 0.15) is 5.69 Å². The van der Waals surface area contributed by atoms with E-state index in [9.17, 15) is 8.78 Å². The molecule has 1 aliphatic rings. The molecular weight excluding hydrogens is 336 g/mol. The molecule has 1 aliphatic heterocycles. The quantitative estimate of drug-likeness (QED) is 0.780. The SMILES string of the molecule is CN1CCN(c2c(F)cc(Nc3ncc4ccccc4n3)cc2F)CC1. The van der Waals surface area contributed by atoms with Gasteiger partial charge in [-0.3, -0.25) is 0 Å². The Morgan fingerprint density at radius 2 is 1.69 bits per heavy atom. The van der Waals surface area contributed by atoms with E-state index < -0.39 is 11.6 Å². The lowest BCUT2D eigenvalue weighted by Gasteiger charge is -2.34. The van der Waals surface area contributed by atoms with E-state index in [0.29, 0.717) is 19.0 Å². The van der Waals surface area contributed by atoms with Crippen molar-refractivity contribution in [1.82, 2.24) is 14.9 Å². The van der Waals surface area contributed by atoms with Gasteiger partial charge in [-0.2, -0.15) is 0 Å². The number of benzene rings is 2. The second kappa shape index (κ2) is 6.84. The minimum Gasteiger partial charge on any atom is -0.364 e. The van der Waals surface area contributed by atoms with E-state index in [2.05, 4.69) is 20.2 Å². The molecule has 4 rings (SSSR count). The number of likely N-dealkylation sites (N-methyl/N-ethyl adjacent to an activating group) is 1. The Kier molecular flexibility index (Phi) is 4.38. The Bertz CT molecular complexity index is 915. The summed E-state index contributed by atoms with van der Waals surface area (Å²) in [7, 11) is 2.00. The number of hydrogen-bond donors (Lipinski definition) is 1. The number of piperazine rings is 1. The van der Waals surface area contributed by atoms with Gasteiger partial charge in [-0.15, -0.1) is 0 Å². The standard InChI is InChI=1S/C19H19F2N5/c1-25-6-8-26(9-7-25)18-15(20)10-14(11-16(18)21)23-19-22-12-13-4-2-3-5-17(13)24-19/h2-5,10-12H,6-9H2,1H3,(H,22,23,24). The van der Waals surface area contributed by atoms with Crippen molar-refractivity contribution in [2.45, 2.75) is 0 Å². The number of nitrogens with zero attached hydrogens (tertiary/aromatic N) is 4. The largest absolute Gasteiger partial charge is 0.364 e. The number of para-hydroxylation sites is 1. The highest BCUT2D eigenvalue weighted by Crippen LogP contribution is 2.29. The van der Waals surface area contributed by atoms with Gasteiger partial charge >= 0.3 is 0 Å². The molecule has 0 bridgehead atoms. The number of nitrogens with one attached hydrogen (secondary N) is 1. The van der Waals surface area contributed by atoms with Crippen molar-refractivity contribution in [2.75, 3.05) is 43.4 Å². The van der Waals surface area contributed by atoms with Crippen LogP contribution in [0.5, 0.6) is 0 Å². The third kappa shape index (κ3) is 3.30. The summed E-state index contributed by atoms with van der Waals surface area (Å²) in [6.07, 6.45) is 1.68. The number of anilines is 3. The van der Waals surface area contributed by atoms with E-state index in [1.54, 1.807) is 11.1 Å². The zero-order valence-electron chi connectivity index (χ0n) is 14.4. The Hall–Kier alpha value is -2.80. The highest BCUT2D eigenvalue weighted by atomic mass is 19.1. The first-order chi connectivity index (χ1) is 12.6. The van der Waals surface area contributed by atoms with Crippen LogP contribution in [0.1, 0.15) is 0 Å². The van der Waals surface area contributed by atoms with Crippen LogP contribution in [-0.4, -0.2) is 48.1 Å². The minimum atomic E-state index is -0.585. The molecule has 0 spiro atoms. The highest BCUT2D eigenvalue weighted by Gasteiger charge is 2.21. The summed E-state index contributed by atoms with van der Waals surface area (Å²) in [5.74, 6) is -0.870. The van der Waals surface area contributed by atoms with E-state index in [1.807, 2.05) is 31.3 Å². The van der Waals surface area contributed by atoms with Crippen molar-refractivity contribution < 1.29 is 8.78 Å². The molecule has 1 N–H and O–H groups in total. The lowest BCUT2D eigenvalue weighted by Crippen LogP contribution is -2.45. The minimum absolute atomic E-state index is 0.0306. The molecule has 1 fully saturated rings. The fraction of sp³-hybridized carbons (Fsp3) is 0.263. The molecule has 0 amide bonds. The molecule has 3 aromatic rings. The monoisotopic (exact) mass is 355 g/mol. The van der Waals surface area contributed by atoms with Gasteiger partial charge in [0.15, 0.2) is 11.6 Å². The number of rotatable bonds is 3. The van der Waals surface area contributed by atoms with Crippen molar-refractivity contribution in [3.8, 4) is 0 Å². The van der Waals surface area contributed by atoms with Crippen LogP contribution in [0.4, 0.5) is 26.1 Å². The molecule has 0 aliphatic carbocycles. The molecule has 0 unspecified atom stereocenters. The average Bonchev–Trinajstić information content (AvgIpc) is 2.63. The summed E-state index contributed by atoms with van der Waals surface area (Å²) in [5.41, 5.74) is 1.08. The number of hydrogen-bond acceptors (Lipinski definition) is 5. The molecule has 2 heterocycles. The first-order valence-corrected chi connectivity index (χ1v) is 8.51. The van der Waals surface area contributed by atoms with Crippen LogP contribution in [0.3, 0.4) is 0 Å². The number of halogens is 2. The summed E-state index contributed by atoms with van der Waals surface area (Å²) in [6, 6.07) is 10.1. The molecule has 134 valence electrons. The van der Waals surface area contributed by atoms with Gasteiger partial charge in [0.25, 0.3) is 0 Å². The first-order valence-electron chi connectivity index (χ1n) is 8.51. The van der Waals surface area contributed by atoms with Gasteiger partial charge in [-0.1, -0.05) is 18.2 Å². The maximum atomic E-state index is 14.6. The van der Waals surface area contributed by atoms with Crippen LogP contribution in [0.2, 0.25) is 0 Å². The fourth-order valence-corrected chi connectivity index (χ4v) is 3.13. The maximum absolute atomic E-state index is 14.6. The summed E-state index contributed by atoms with van der Waals surface area (Å²) in [6.45, 7) is 2.77. The second-order valence-corrected chi connectivity index (χ2v) is 6.46. The molecule has 5 nitrogen and oxygen atoms in total. The van der Waals surface area contributed by atoms with Gasteiger partial charge in [0.05, 0.1) is 5.52 Å². The zero-order valence-corrected chi connectivity index (χ0v) is 14.4. The van der Waals surface area contributed by atoms with Crippen LogP contribution in [0.25, 0.3) is 10.9 Å². The Balaban J connectivity index is 1.59. The summed E-state index contributed by atoms with van der Waals surface area (Å²) >= 11 is 0.